The van der Waals surface area contributed by atoms with Crippen molar-refractivity contribution in [2.24, 2.45) is 0 Å². The van der Waals surface area contributed by atoms with Crippen molar-refractivity contribution in [1.82, 2.24) is 0 Å². The van der Waals surface area contributed by atoms with E-state index in [0.29, 0.717) is 19.0 Å². The predicted molar refractivity (Wildman–Crippen MR) is 133 cm³/mol. The van der Waals surface area contributed by atoms with Crippen LogP contribution in [0.2, 0.25) is 0 Å². The summed E-state index contributed by atoms with van der Waals surface area (Å²) in [6.07, 6.45) is -0.626. The standard InChI is InChI=1S/C24H32ClIO5/c1-17(2)28-15-23(31-26)16-30-22-11-7-19(8-12-22)24(3,4)18-5-9-21(10-6-18)29-14-20(27)13-25/h5-12,17,20,23,27H,13-16H2,1-4H3/t20-,23-/m1/s1. The summed E-state index contributed by atoms with van der Waals surface area (Å²) < 4.78 is 22.4. The summed E-state index contributed by atoms with van der Waals surface area (Å²) in [5, 5.41) is 9.52. The van der Waals surface area contributed by atoms with Crippen LogP contribution in [-0.2, 0) is 13.2 Å². The van der Waals surface area contributed by atoms with Crippen LogP contribution in [0.3, 0.4) is 0 Å². The fourth-order valence-corrected chi connectivity index (χ4v) is 3.31. The van der Waals surface area contributed by atoms with Gasteiger partial charge < -0.3 is 22.4 Å². The number of hydrogen-bond acceptors (Lipinski definition) is 5. The molecule has 0 fully saturated rings. The van der Waals surface area contributed by atoms with Crippen LogP contribution in [0.5, 0.6) is 11.5 Å². The van der Waals surface area contributed by atoms with Gasteiger partial charge in [0.05, 0.1) is 18.6 Å². The smallest absolute Gasteiger partial charge is 0.127 e. The second-order valence-corrected chi connectivity index (χ2v) is 9.01. The van der Waals surface area contributed by atoms with E-state index in [-0.39, 0.29) is 30.1 Å². The molecule has 0 unspecified atom stereocenters. The Labute approximate surface area is 204 Å². The molecule has 0 spiro atoms. The lowest BCUT2D eigenvalue weighted by Crippen LogP contribution is -2.26. The summed E-state index contributed by atoms with van der Waals surface area (Å²) in [4.78, 5) is 0. The molecule has 0 aromatic heterocycles. The second-order valence-electron chi connectivity index (χ2n) is 8.20. The van der Waals surface area contributed by atoms with Gasteiger partial charge in [-0.1, -0.05) is 38.1 Å². The van der Waals surface area contributed by atoms with E-state index >= 15 is 0 Å². The van der Waals surface area contributed by atoms with Gasteiger partial charge in [0.2, 0.25) is 0 Å². The zero-order chi connectivity index (χ0) is 22.9. The van der Waals surface area contributed by atoms with Gasteiger partial charge in [-0.3, -0.25) is 0 Å². The Bertz CT molecular complexity index is 765. The van der Waals surface area contributed by atoms with Crippen LogP contribution in [0, 0.1) is 0 Å². The fourth-order valence-electron chi connectivity index (χ4n) is 2.93. The summed E-state index contributed by atoms with van der Waals surface area (Å²) in [6.45, 7) is 9.46. The Balaban J connectivity index is 1.97. The molecule has 0 heterocycles. The summed E-state index contributed by atoms with van der Waals surface area (Å²) in [6, 6.07) is 16.1. The predicted octanol–water partition coefficient (Wildman–Crippen LogP) is 5.53. The number of benzene rings is 2. The number of aliphatic hydroxyl groups is 1. The highest BCUT2D eigenvalue weighted by Crippen LogP contribution is 2.33. The zero-order valence-electron chi connectivity index (χ0n) is 18.5. The van der Waals surface area contributed by atoms with Crippen molar-refractivity contribution in [3.63, 3.8) is 0 Å². The van der Waals surface area contributed by atoms with Gasteiger partial charge in [-0.2, -0.15) is 0 Å². The second kappa shape index (κ2) is 12.8. The third-order valence-electron chi connectivity index (χ3n) is 4.95. The van der Waals surface area contributed by atoms with Crippen molar-refractivity contribution >= 4 is 34.6 Å². The van der Waals surface area contributed by atoms with E-state index in [1.165, 1.54) is 5.56 Å². The minimum atomic E-state index is -0.667. The monoisotopic (exact) mass is 562 g/mol. The minimum Gasteiger partial charge on any atom is -0.491 e. The molecule has 0 radical (unpaired) electrons. The number of halogens is 2. The van der Waals surface area contributed by atoms with Gasteiger partial charge in [0.25, 0.3) is 0 Å². The van der Waals surface area contributed by atoms with E-state index in [1.807, 2.05) is 73.3 Å². The summed E-state index contributed by atoms with van der Waals surface area (Å²) in [7, 11) is 0. The average Bonchev–Trinajstić information content (AvgIpc) is 2.78. The largest absolute Gasteiger partial charge is 0.491 e. The lowest BCUT2D eigenvalue weighted by Gasteiger charge is -2.26. The number of alkyl halides is 1. The Kier molecular flexibility index (Phi) is 10.9. The number of rotatable bonds is 13. The Morgan fingerprint density at radius 3 is 1.77 bits per heavy atom. The highest BCUT2D eigenvalue weighted by atomic mass is 127. The topological polar surface area (TPSA) is 57.2 Å². The molecule has 0 saturated carbocycles. The lowest BCUT2D eigenvalue weighted by atomic mass is 9.78. The fraction of sp³-hybridized carbons (Fsp3) is 0.500. The maximum atomic E-state index is 9.52. The number of ether oxygens (including phenoxy) is 3. The molecule has 172 valence electrons. The van der Waals surface area contributed by atoms with E-state index in [0.717, 1.165) is 11.3 Å². The van der Waals surface area contributed by atoms with Crippen molar-refractivity contribution in [2.45, 2.75) is 51.4 Å². The first-order valence-corrected chi connectivity index (χ1v) is 11.8. The van der Waals surface area contributed by atoms with Crippen LogP contribution in [0.4, 0.5) is 0 Å². The normalized spacial score (nSPS) is 13.8. The summed E-state index contributed by atoms with van der Waals surface area (Å²) in [5.74, 6) is 1.66. The maximum Gasteiger partial charge on any atom is 0.127 e. The minimum absolute atomic E-state index is 0.120. The van der Waals surface area contributed by atoms with Crippen LogP contribution < -0.4 is 9.47 Å². The molecule has 1 N–H and O–H groups in total. The Morgan fingerprint density at radius 1 is 0.871 bits per heavy atom. The van der Waals surface area contributed by atoms with Crippen molar-refractivity contribution in [3.05, 3.63) is 59.7 Å². The molecule has 7 heteroatoms. The van der Waals surface area contributed by atoms with Gasteiger partial charge in [0.1, 0.15) is 59.9 Å². The molecule has 2 atom stereocenters. The number of hydrogen-bond donors (Lipinski definition) is 1. The molecule has 31 heavy (non-hydrogen) atoms. The molecule has 0 saturated heterocycles. The Morgan fingerprint density at radius 2 is 1.35 bits per heavy atom. The van der Waals surface area contributed by atoms with Gasteiger partial charge in [0.15, 0.2) is 0 Å². The quantitative estimate of drug-likeness (QED) is 0.257. The molecular formula is C24H32ClIO5. The molecule has 0 aliphatic heterocycles. The molecule has 2 aromatic rings. The SMILES string of the molecule is CC(C)OC[C@H](COc1ccc(C(C)(C)c2ccc(OC[C@H](O)CCl)cc2)cc1)OI. The molecule has 2 rings (SSSR count). The first kappa shape index (κ1) is 26.2. The van der Waals surface area contributed by atoms with E-state index in [4.69, 9.17) is 28.9 Å². The molecule has 0 aliphatic carbocycles. The highest BCUT2D eigenvalue weighted by molar-refractivity contribution is 14.1. The first-order chi connectivity index (χ1) is 14.8. The van der Waals surface area contributed by atoms with Gasteiger partial charge in [-0.25, -0.2) is 0 Å². The lowest BCUT2D eigenvalue weighted by molar-refractivity contribution is 0.0146. The van der Waals surface area contributed by atoms with E-state index in [9.17, 15) is 5.11 Å². The van der Waals surface area contributed by atoms with Crippen molar-refractivity contribution < 1.29 is 22.4 Å². The highest BCUT2D eigenvalue weighted by Gasteiger charge is 2.23. The van der Waals surface area contributed by atoms with Crippen molar-refractivity contribution in [3.8, 4) is 11.5 Å². The molecule has 2 aromatic carbocycles. The molecule has 0 amide bonds. The van der Waals surface area contributed by atoms with Crippen molar-refractivity contribution in [1.29, 1.82) is 0 Å². The van der Waals surface area contributed by atoms with Gasteiger partial charge in [-0.05, 0) is 49.2 Å². The third kappa shape index (κ3) is 8.42. The molecule has 0 bridgehead atoms. The van der Waals surface area contributed by atoms with Crippen molar-refractivity contribution in [2.75, 3.05) is 25.7 Å². The van der Waals surface area contributed by atoms with E-state index in [1.54, 1.807) is 0 Å². The zero-order valence-corrected chi connectivity index (χ0v) is 21.4. The Hall–Kier alpha value is -1.06. The van der Waals surface area contributed by atoms with E-state index < -0.39 is 6.10 Å². The van der Waals surface area contributed by atoms with E-state index in [2.05, 4.69) is 26.0 Å². The first-order valence-electron chi connectivity index (χ1n) is 10.4. The average molecular weight is 563 g/mol. The van der Waals surface area contributed by atoms with Crippen LogP contribution in [-0.4, -0.2) is 49.1 Å². The van der Waals surface area contributed by atoms with Gasteiger partial charge >= 0.3 is 0 Å². The number of aliphatic hydroxyl groups excluding tert-OH is 1. The maximum absolute atomic E-state index is 9.52. The van der Waals surface area contributed by atoms with Crippen LogP contribution >= 0.6 is 34.6 Å². The van der Waals surface area contributed by atoms with Crippen LogP contribution in [0.1, 0.15) is 38.8 Å². The van der Waals surface area contributed by atoms with Gasteiger partial charge in [-0.15, -0.1) is 11.6 Å². The summed E-state index contributed by atoms with van der Waals surface area (Å²) >= 11 is 7.49. The van der Waals surface area contributed by atoms with Crippen LogP contribution in [0.15, 0.2) is 48.5 Å². The van der Waals surface area contributed by atoms with Gasteiger partial charge in [0, 0.05) is 5.41 Å². The molecule has 0 aliphatic rings. The van der Waals surface area contributed by atoms with Crippen LogP contribution in [0.25, 0.3) is 0 Å². The molecular weight excluding hydrogens is 531 g/mol. The molecule has 5 nitrogen and oxygen atoms in total. The third-order valence-corrected chi connectivity index (χ3v) is 6.03. The summed E-state index contributed by atoms with van der Waals surface area (Å²) in [5.41, 5.74) is 2.15.